The molecular weight excluding hydrogens is 254 g/mol. The zero-order chi connectivity index (χ0) is 9.42. The van der Waals surface area contributed by atoms with Crippen molar-refractivity contribution in [2.75, 3.05) is 13.1 Å². The molecule has 1 aliphatic rings. The first-order valence-electron chi connectivity index (χ1n) is 3.89. The Morgan fingerprint density at radius 3 is 2.77 bits per heavy atom. The molecule has 0 bridgehead atoms. The molecular formula is C8H8BrNO2S. The number of hydrogen-bond acceptors (Lipinski definition) is 3. The number of aliphatic hydroxyl groups is 1. The van der Waals surface area contributed by atoms with E-state index in [0.717, 1.165) is 8.66 Å². The molecule has 2 heterocycles. The van der Waals surface area contributed by atoms with Gasteiger partial charge < -0.3 is 10.0 Å². The van der Waals surface area contributed by atoms with E-state index < -0.39 is 0 Å². The number of β-amino-alcohol motifs (C(OH)–C–C–N with tert-alkyl or cyclic N) is 1. The second kappa shape index (κ2) is 3.40. The number of carbonyl (C=O) groups excluding carboxylic acids is 1. The number of rotatable bonds is 1. The largest absolute Gasteiger partial charge is 0.389 e. The van der Waals surface area contributed by atoms with Gasteiger partial charge in [-0.25, -0.2) is 0 Å². The maximum Gasteiger partial charge on any atom is 0.264 e. The van der Waals surface area contributed by atoms with E-state index in [1.54, 1.807) is 11.0 Å². The fraction of sp³-hybridized carbons (Fsp3) is 0.375. The summed E-state index contributed by atoms with van der Waals surface area (Å²) in [5.41, 5.74) is 0. The van der Waals surface area contributed by atoms with Crippen LogP contribution in [0, 0.1) is 0 Å². The van der Waals surface area contributed by atoms with Crippen LogP contribution in [0.15, 0.2) is 15.9 Å². The van der Waals surface area contributed by atoms with Gasteiger partial charge in [0.1, 0.15) is 0 Å². The van der Waals surface area contributed by atoms with Crippen molar-refractivity contribution >= 4 is 33.2 Å². The summed E-state index contributed by atoms with van der Waals surface area (Å²) >= 11 is 4.72. The Balaban J connectivity index is 2.06. The average Bonchev–Trinajstić information content (AvgIpc) is 2.45. The van der Waals surface area contributed by atoms with Crippen LogP contribution in [0.5, 0.6) is 0 Å². The van der Waals surface area contributed by atoms with Crippen molar-refractivity contribution in [3.8, 4) is 0 Å². The molecule has 3 nitrogen and oxygen atoms in total. The lowest BCUT2D eigenvalue weighted by Crippen LogP contribution is -2.53. The minimum absolute atomic E-state index is 0.0148. The van der Waals surface area contributed by atoms with Crippen molar-refractivity contribution in [1.82, 2.24) is 4.90 Å². The van der Waals surface area contributed by atoms with Gasteiger partial charge in [-0.2, -0.15) is 0 Å². The predicted octanol–water partition coefficient (Wildman–Crippen LogP) is 1.33. The number of carbonyl (C=O) groups is 1. The minimum atomic E-state index is -0.327. The molecule has 0 radical (unpaired) electrons. The summed E-state index contributed by atoms with van der Waals surface area (Å²) in [5.74, 6) is 0.0148. The van der Waals surface area contributed by atoms with Gasteiger partial charge in [0.25, 0.3) is 5.91 Å². The maximum absolute atomic E-state index is 11.6. The van der Waals surface area contributed by atoms with Crippen molar-refractivity contribution in [3.05, 3.63) is 20.8 Å². The molecule has 1 fully saturated rings. The molecule has 0 spiro atoms. The first kappa shape index (κ1) is 9.18. The van der Waals surface area contributed by atoms with E-state index >= 15 is 0 Å². The molecule has 0 atom stereocenters. The predicted molar refractivity (Wildman–Crippen MR) is 53.9 cm³/mol. The summed E-state index contributed by atoms with van der Waals surface area (Å²) in [6.07, 6.45) is -0.327. The summed E-state index contributed by atoms with van der Waals surface area (Å²) in [7, 11) is 0. The van der Waals surface area contributed by atoms with Crippen LogP contribution < -0.4 is 0 Å². The van der Waals surface area contributed by atoms with Gasteiger partial charge in [-0.3, -0.25) is 4.79 Å². The number of halogens is 1. The van der Waals surface area contributed by atoms with E-state index in [1.165, 1.54) is 11.3 Å². The van der Waals surface area contributed by atoms with E-state index in [-0.39, 0.29) is 12.0 Å². The number of likely N-dealkylation sites (tertiary alicyclic amines) is 1. The summed E-state index contributed by atoms with van der Waals surface area (Å²) in [5, 5.41) is 9.02. The van der Waals surface area contributed by atoms with Crippen LogP contribution >= 0.6 is 27.3 Å². The average molecular weight is 262 g/mol. The monoisotopic (exact) mass is 261 g/mol. The molecule has 0 aliphatic carbocycles. The van der Waals surface area contributed by atoms with Gasteiger partial charge in [0.05, 0.1) is 14.8 Å². The van der Waals surface area contributed by atoms with Crippen LogP contribution in [0.1, 0.15) is 9.67 Å². The molecule has 1 saturated heterocycles. The van der Waals surface area contributed by atoms with Crippen molar-refractivity contribution < 1.29 is 9.90 Å². The van der Waals surface area contributed by atoms with Crippen LogP contribution in [-0.2, 0) is 0 Å². The third kappa shape index (κ3) is 1.77. The molecule has 1 aliphatic heterocycles. The van der Waals surface area contributed by atoms with Gasteiger partial charge in [0.15, 0.2) is 0 Å². The molecule has 1 aromatic rings. The lowest BCUT2D eigenvalue weighted by Gasteiger charge is -2.35. The van der Waals surface area contributed by atoms with Crippen molar-refractivity contribution in [2.24, 2.45) is 0 Å². The molecule has 0 saturated carbocycles. The van der Waals surface area contributed by atoms with Crippen LogP contribution in [0.2, 0.25) is 0 Å². The van der Waals surface area contributed by atoms with Crippen molar-refractivity contribution in [3.63, 3.8) is 0 Å². The zero-order valence-electron chi connectivity index (χ0n) is 6.74. The number of aliphatic hydroxyl groups excluding tert-OH is 1. The fourth-order valence-electron chi connectivity index (χ4n) is 1.21. The maximum atomic E-state index is 11.6. The van der Waals surface area contributed by atoms with Gasteiger partial charge in [-0.1, -0.05) is 0 Å². The van der Waals surface area contributed by atoms with E-state index in [1.807, 2.05) is 6.07 Å². The number of hydrogen-bond donors (Lipinski definition) is 1. The van der Waals surface area contributed by atoms with E-state index in [9.17, 15) is 4.79 Å². The van der Waals surface area contributed by atoms with Gasteiger partial charge in [-0.15, -0.1) is 11.3 Å². The minimum Gasteiger partial charge on any atom is -0.389 e. The Hall–Kier alpha value is -0.390. The smallest absolute Gasteiger partial charge is 0.264 e. The standard InChI is InChI=1S/C8H8BrNO2S/c9-7-2-1-6(13-7)8(12)10-3-5(11)4-10/h1-2,5,11H,3-4H2. The first-order valence-corrected chi connectivity index (χ1v) is 5.50. The molecule has 1 N–H and O–H groups in total. The van der Waals surface area contributed by atoms with Crippen molar-refractivity contribution in [1.29, 1.82) is 0 Å². The topological polar surface area (TPSA) is 40.5 Å². The Labute approximate surface area is 88.1 Å². The number of nitrogens with zero attached hydrogens (tertiary/aromatic N) is 1. The lowest BCUT2D eigenvalue weighted by atomic mass is 10.1. The van der Waals surface area contributed by atoms with Gasteiger partial charge >= 0.3 is 0 Å². The molecule has 70 valence electrons. The SMILES string of the molecule is O=C(c1ccc(Br)s1)N1CC(O)C1. The van der Waals surface area contributed by atoms with E-state index in [4.69, 9.17) is 5.11 Å². The van der Waals surface area contributed by atoms with Crippen LogP contribution in [-0.4, -0.2) is 35.1 Å². The Morgan fingerprint density at radius 2 is 2.31 bits per heavy atom. The number of thiophene rings is 1. The molecule has 2 rings (SSSR count). The summed E-state index contributed by atoms with van der Waals surface area (Å²) < 4.78 is 0.955. The van der Waals surface area contributed by atoms with Gasteiger partial charge in [0.2, 0.25) is 0 Å². The van der Waals surface area contributed by atoms with Crippen LogP contribution in [0.25, 0.3) is 0 Å². The Kier molecular flexibility index (Phi) is 2.40. The highest BCUT2D eigenvalue weighted by atomic mass is 79.9. The highest BCUT2D eigenvalue weighted by Gasteiger charge is 2.29. The molecule has 0 aromatic carbocycles. The van der Waals surface area contributed by atoms with Gasteiger partial charge in [-0.05, 0) is 28.1 Å². The second-order valence-electron chi connectivity index (χ2n) is 2.97. The molecule has 5 heteroatoms. The second-order valence-corrected chi connectivity index (χ2v) is 5.43. The Bertz CT molecular complexity index is 333. The van der Waals surface area contributed by atoms with Crippen LogP contribution in [0.3, 0.4) is 0 Å². The van der Waals surface area contributed by atoms with Crippen LogP contribution in [0.4, 0.5) is 0 Å². The number of amides is 1. The Morgan fingerprint density at radius 1 is 1.62 bits per heavy atom. The molecule has 1 aromatic heterocycles. The quantitative estimate of drug-likeness (QED) is 0.829. The fourth-order valence-corrected chi connectivity index (χ4v) is 2.56. The van der Waals surface area contributed by atoms with E-state index in [0.29, 0.717) is 13.1 Å². The lowest BCUT2D eigenvalue weighted by molar-refractivity contribution is 0.00623. The van der Waals surface area contributed by atoms with E-state index in [2.05, 4.69) is 15.9 Å². The highest BCUT2D eigenvalue weighted by molar-refractivity contribution is 9.11. The molecule has 1 amide bonds. The van der Waals surface area contributed by atoms with Crippen molar-refractivity contribution in [2.45, 2.75) is 6.10 Å². The third-order valence-corrected chi connectivity index (χ3v) is 3.55. The summed E-state index contributed by atoms with van der Waals surface area (Å²) in [6, 6.07) is 3.65. The summed E-state index contributed by atoms with van der Waals surface area (Å²) in [4.78, 5) is 14.0. The zero-order valence-corrected chi connectivity index (χ0v) is 9.14. The first-order chi connectivity index (χ1) is 6.16. The molecule has 0 unspecified atom stereocenters. The highest BCUT2D eigenvalue weighted by Crippen LogP contribution is 2.24. The summed E-state index contributed by atoms with van der Waals surface area (Å²) in [6.45, 7) is 0.933. The van der Waals surface area contributed by atoms with Gasteiger partial charge in [0, 0.05) is 13.1 Å². The normalized spacial score (nSPS) is 17.2. The third-order valence-electron chi connectivity index (χ3n) is 1.93. The molecule has 13 heavy (non-hydrogen) atoms.